The molecule has 2 aromatic rings. The van der Waals surface area contributed by atoms with Crippen molar-refractivity contribution < 1.29 is 5.11 Å². The normalized spacial score (nSPS) is 11.4. The van der Waals surface area contributed by atoms with E-state index in [9.17, 15) is 9.90 Å². The minimum atomic E-state index is -0.0185. The maximum atomic E-state index is 12.4. The molecule has 0 fully saturated rings. The van der Waals surface area contributed by atoms with Crippen LogP contribution in [0.3, 0.4) is 0 Å². The molecule has 21 heavy (non-hydrogen) atoms. The summed E-state index contributed by atoms with van der Waals surface area (Å²) in [4.78, 5) is 19.1. The van der Waals surface area contributed by atoms with E-state index >= 15 is 0 Å². The van der Waals surface area contributed by atoms with E-state index < -0.39 is 0 Å². The number of nitrogens with zero attached hydrogens (tertiary/aromatic N) is 3. The minimum absolute atomic E-state index is 0.0185. The smallest absolute Gasteiger partial charge is 0.261 e. The van der Waals surface area contributed by atoms with Crippen LogP contribution in [0.2, 0.25) is 0 Å². The topological polar surface area (TPSA) is 58.4 Å². The highest BCUT2D eigenvalue weighted by molar-refractivity contribution is 5.77. The van der Waals surface area contributed by atoms with Crippen molar-refractivity contribution in [3.63, 3.8) is 0 Å². The predicted octanol–water partition coefficient (Wildman–Crippen LogP) is 1.53. The van der Waals surface area contributed by atoms with Crippen LogP contribution in [0.1, 0.15) is 25.6 Å². The van der Waals surface area contributed by atoms with Gasteiger partial charge in [0.15, 0.2) is 0 Å². The van der Waals surface area contributed by atoms with Crippen molar-refractivity contribution in [2.75, 3.05) is 19.7 Å². The van der Waals surface area contributed by atoms with Crippen molar-refractivity contribution in [1.29, 1.82) is 0 Å². The number of aliphatic hydroxyl groups excluding tert-OH is 1. The van der Waals surface area contributed by atoms with Gasteiger partial charge in [-0.15, -0.1) is 0 Å². The third-order valence-electron chi connectivity index (χ3n) is 3.68. The first-order valence-corrected chi connectivity index (χ1v) is 7.45. The van der Waals surface area contributed by atoms with E-state index in [1.54, 1.807) is 17.7 Å². The second-order valence-corrected chi connectivity index (χ2v) is 5.26. The maximum absolute atomic E-state index is 12.4. The largest absolute Gasteiger partial charge is 0.395 e. The molecule has 0 amide bonds. The van der Waals surface area contributed by atoms with Gasteiger partial charge < -0.3 is 5.11 Å². The van der Waals surface area contributed by atoms with Crippen LogP contribution >= 0.6 is 0 Å². The molecular formula is C16H23N3O2. The quantitative estimate of drug-likeness (QED) is 0.840. The van der Waals surface area contributed by atoms with Crippen LogP contribution < -0.4 is 5.56 Å². The Hall–Kier alpha value is -1.72. The lowest BCUT2D eigenvalue weighted by Crippen LogP contribution is -2.32. The SMILES string of the molecule is CCCCN(CCO)Cc1nc2ccccc2c(=O)n1C. The Morgan fingerprint density at radius 1 is 1.29 bits per heavy atom. The van der Waals surface area contributed by atoms with E-state index in [4.69, 9.17) is 0 Å². The molecule has 5 nitrogen and oxygen atoms in total. The molecule has 1 heterocycles. The average Bonchev–Trinajstić information content (AvgIpc) is 2.50. The van der Waals surface area contributed by atoms with Crippen LogP contribution in [0.4, 0.5) is 0 Å². The number of hydrogen-bond acceptors (Lipinski definition) is 4. The zero-order valence-electron chi connectivity index (χ0n) is 12.7. The van der Waals surface area contributed by atoms with Crippen LogP contribution in [0.15, 0.2) is 29.1 Å². The fourth-order valence-corrected chi connectivity index (χ4v) is 2.40. The van der Waals surface area contributed by atoms with Gasteiger partial charge in [0.05, 0.1) is 24.1 Å². The highest BCUT2D eigenvalue weighted by atomic mass is 16.3. The van der Waals surface area contributed by atoms with Crippen molar-refractivity contribution in [3.05, 3.63) is 40.4 Å². The molecule has 1 aromatic heterocycles. The van der Waals surface area contributed by atoms with E-state index in [-0.39, 0.29) is 12.2 Å². The van der Waals surface area contributed by atoms with Crippen LogP contribution in [-0.2, 0) is 13.6 Å². The molecule has 0 radical (unpaired) electrons. The summed E-state index contributed by atoms with van der Waals surface area (Å²) < 4.78 is 1.61. The number of para-hydroxylation sites is 1. The molecule has 0 aliphatic carbocycles. The van der Waals surface area contributed by atoms with Crippen LogP contribution in [0.5, 0.6) is 0 Å². The van der Waals surface area contributed by atoms with Gasteiger partial charge in [-0.05, 0) is 25.1 Å². The molecule has 5 heteroatoms. The highest BCUT2D eigenvalue weighted by Crippen LogP contribution is 2.09. The fourth-order valence-electron chi connectivity index (χ4n) is 2.40. The highest BCUT2D eigenvalue weighted by Gasteiger charge is 2.11. The Bertz CT molecular complexity index is 652. The standard InChI is InChI=1S/C16H23N3O2/c1-3-4-9-19(10-11-20)12-15-17-14-8-6-5-7-13(14)16(21)18(15)2/h5-8,20H,3-4,9-12H2,1-2H3. The lowest BCUT2D eigenvalue weighted by Gasteiger charge is -2.21. The molecule has 0 unspecified atom stereocenters. The van der Waals surface area contributed by atoms with E-state index in [0.29, 0.717) is 18.5 Å². The number of rotatable bonds is 7. The Balaban J connectivity index is 2.32. The molecule has 0 saturated heterocycles. The van der Waals surface area contributed by atoms with E-state index in [2.05, 4.69) is 16.8 Å². The molecule has 114 valence electrons. The fraction of sp³-hybridized carbons (Fsp3) is 0.500. The van der Waals surface area contributed by atoms with Gasteiger partial charge in [0.2, 0.25) is 0 Å². The van der Waals surface area contributed by atoms with Gasteiger partial charge in [0.25, 0.3) is 5.56 Å². The van der Waals surface area contributed by atoms with Crippen molar-refractivity contribution in [1.82, 2.24) is 14.5 Å². The van der Waals surface area contributed by atoms with Crippen molar-refractivity contribution >= 4 is 10.9 Å². The van der Waals surface area contributed by atoms with Crippen molar-refractivity contribution in [3.8, 4) is 0 Å². The molecular weight excluding hydrogens is 266 g/mol. The molecule has 0 bridgehead atoms. The summed E-state index contributed by atoms with van der Waals surface area (Å²) in [6, 6.07) is 7.41. The van der Waals surface area contributed by atoms with Crippen LogP contribution in [-0.4, -0.2) is 39.3 Å². The average molecular weight is 289 g/mol. The number of fused-ring (bicyclic) bond motifs is 1. The molecule has 2 rings (SSSR count). The predicted molar refractivity (Wildman–Crippen MR) is 84.3 cm³/mol. The van der Waals surface area contributed by atoms with E-state index in [1.807, 2.05) is 18.2 Å². The third-order valence-corrected chi connectivity index (χ3v) is 3.68. The molecule has 0 aliphatic heterocycles. The summed E-state index contributed by atoms with van der Waals surface area (Å²) in [5, 5.41) is 9.82. The van der Waals surface area contributed by atoms with Gasteiger partial charge in [0, 0.05) is 13.6 Å². The Labute approximate surface area is 124 Å². The second-order valence-electron chi connectivity index (χ2n) is 5.26. The molecule has 1 aromatic carbocycles. The van der Waals surface area contributed by atoms with Gasteiger partial charge >= 0.3 is 0 Å². The Morgan fingerprint density at radius 2 is 2.05 bits per heavy atom. The maximum Gasteiger partial charge on any atom is 0.261 e. The number of aliphatic hydroxyl groups is 1. The summed E-state index contributed by atoms with van der Waals surface area (Å²) in [5.41, 5.74) is 0.713. The van der Waals surface area contributed by atoms with Gasteiger partial charge in [-0.2, -0.15) is 0 Å². The first-order chi connectivity index (χ1) is 10.2. The lowest BCUT2D eigenvalue weighted by atomic mass is 10.2. The Kier molecular flexibility index (Phi) is 5.47. The first kappa shape index (κ1) is 15.7. The second kappa shape index (κ2) is 7.33. The van der Waals surface area contributed by atoms with Gasteiger partial charge in [-0.1, -0.05) is 25.5 Å². The molecule has 0 aliphatic rings. The number of aromatic nitrogens is 2. The van der Waals surface area contributed by atoms with Crippen LogP contribution in [0, 0.1) is 0 Å². The number of unbranched alkanes of at least 4 members (excludes halogenated alkanes) is 1. The monoisotopic (exact) mass is 289 g/mol. The number of benzene rings is 1. The summed E-state index contributed by atoms with van der Waals surface area (Å²) >= 11 is 0. The zero-order chi connectivity index (χ0) is 15.2. The molecule has 0 spiro atoms. The molecule has 0 saturated carbocycles. The molecule has 0 atom stereocenters. The summed E-state index contributed by atoms with van der Waals surface area (Å²) in [6.45, 7) is 4.34. The van der Waals surface area contributed by atoms with Gasteiger partial charge in [0.1, 0.15) is 5.82 Å². The summed E-state index contributed by atoms with van der Waals surface area (Å²) in [7, 11) is 1.76. The van der Waals surface area contributed by atoms with E-state index in [1.165, 1.54) is 0 Å². The summed E-state index contributed by atoms with van der Waals surface area (Å²) in [5.74, 6) is 0.739. The van der Waals surface area contributed by atoms with Gasteiger partial charge in [-0.25, -0.2) is 4.98 Å². The third kappa shape index (κ3) is 3.68. The first-order valence-electron chi connectivity index (χ1n) is 7.45. The molecule has 1 N–H and O–H groups in total. The zero-order valence-corrected chi connectivity index (χ0v) is 12.7. The Morgan fingerprint density at radius 3 is 2.76 bits per heavy atom. The lowest BCUT2D eigenvalue weighted by molar-refractivity contribution is 0.183. The van der Waals surface area contributed by atoms with E-state index in [0.717, 1.165) is 30.7 Å². The van der Waals surface area contributed by atoms with Gasteiger partial charge in [-0.3, -0.25) is 14.3 Å². The van der Waals surface area contributed by atoms with Crippen LogP contribution in [0.25, 0.3) is 10.9 Å². The summed E-state index contributed by atoms with van der Waals surface area (Å²) in [6.07, 6.45) is 2.17. The number of hydrogen-bond donors (Lipinski definition) is 1. The minimum Gasteiger partial charge on any atom is -0.395 e. The van der Waals surface area contributed by atoms with Crippen molar-refractivity contribution in [2.45, 2.75) is 26.3 Å². The van der Waals surface area contributed by atoms with Crippen molar-refractivity contribution in [2.24, 2.45) is 7.05 Å².